The lowest BCUT2D eigenvalue weighted by Gasteiger charge is -2.06. The first-order valence-electron chi connectivity index (χ1n) is 6.67. The minimum Gasteiger partial charge on any atom is -0.366 e. The van der Waals surface area contributed by atoms with E-state index in [1.807, 2.05) is 6.92 Å². The molecule has 0 fully saturated rings. The van der Waals surface area contributed by atoms with Gasteiger partial charge in [0.15, 0.2) is 0 Å². The molecule has 0 aromatic heterocycles. The summed E-state index contributed by atoms with van der Waals surface area (Å²) < 4.78 is 18.3. The summed E-state index contributed by atoms with van der Waals surface area (Å²) in [6, 6.07) is 6.18. The molecular formula is C16H20BrFO. The van der Waals surface area contributed by atoms with Crippen LogP contribution in [-0.2, 0) is 4.74 Å². The third kappa shape index (κ3) is 8.02. The molecule has 3 heteroatoms. The fourth-order valence-corrected chi connectivity index (χ4v) is 1.97. The summed E-state index contributed by atoms with van der Waals surface area (Å²) in [4.78, 5) is 0. The smallest absolute Gasteiger partial charge is 0.123 e. The van der Waals surface area contributed by atoms with Gasteiger partial charge in [-0.05, 0) is 44.0 Å². The highest BCUT2D eigenvalue weighted by molar-refractivity contribution is 9.09. The van der Waals surface area contributed by atoms with E-state index in [0.29, 0.717) is 0 Å². The fraction of sp³-hybridized carbons (Fsp3) is 0.500. The molecular weight excluding hydrogens is 307 g/mol. The zero-order valence-corrected chi connectivity index (χ0v) is 12.9. The van der Waals surface area contributed by atoms with Gasteiger partial charge in [0.1, 0.15) is 11.9 Å². The highest BCUT2D eigenvalue weighted by Gasteiger charge is 1.97. The molecule has 0 aliphatic carbocycles. The lowest BCUT2D eigenvalue weighted by Crippen LogP contribution is -2.06. The Labute approximate surface area is 123 Å². The molecule has 1 aromatic rings. The van der Waals surface area contributed by atoms with Crippen LogP contribution in [0.25, 0.3) is 0 Å². The number of hydrogen-bond acceptors (Lipinski definition) is 1. The molecule has 104 valence electrons. The van der Waals surface area contributed by atoms with Crippen molar-refractivity contribution < 1.29 is 9.13 Å². The van der Waals surface area contributed by atoms with Gasteiger partial charge in [0, 0.05) is 17.5 Å². The number of rotatable bonds is 7. The maximum absolute atomic E-state index is 12.7. The molecule has 1 nitrogen and oxygen atoms in total. The molecule has 0 saturated heterocycles. The molecule has 0 N–H and O–H groups in total. The van der Waals surface area contributed by atoms with E-state index in [2.05, 4.69) is 27.8 Å². The number of ether oxygens (including phenoxy) is 1. The first-order valence-corrected chi connectivity index (χ1v) is 7.79. The van der Waals surface area contributed by atoms with E-state index in [4.69, 9.17) is 4.74 Å². The molecule has 1 aromatic carbocycles. The molecule has 0 radical (unpaired) electrons. The maximum Gasteiger partial charge on any atom is 0.123 e. The third-order valence-corrected chi connectivity index (χ3v) is 3.22. The van der Waals surface area contributed by atoms with Gasteiger partial charge in [-0.3, -0.25) is 0 Å². The summed E-state index contributed by atoms with van der Waals surface area (Å²) in [7, 11) is 0. The van der Waals surface area contributed by atoms with Gasteiger partial charge in [-0.15, -0.1) is 0 Å². The van der Waals surface area contributed by atoms with Crippen molar-refractivity contribution in [2.24, 2.45) is 0 Å². The number of halogens is 2. The van der Waals surface area contributed by atoms with Crippen molar-refractivity contribution in [1.29, 1.82) is 0 Å². The SMILES string of the molecule is CC(C#Cc1ccc(F)cc1)OCCCCCCBr. The van der Waals surface area contributed by atoms with Crippen molar-refractivity contribution in [3.63, 3.8) is 0 Å². The van der Waals surface area contributed by atoms with Gasteiger partial charge in [0.25, 0.3) is 0 Å². The van der Waals surface area contributed by atoms with Crippen LogP contribution in [-0.4, -0.2) is 18.0 Å². The summed E-state index contributed by atoms with van der Waals surface area (Å²) in [6.45, 7) is 2.69. The van der Waals surface area contributed by atoms with Gasteiger partial charge in [0.05, 0.1) is 0 Å². The second-order valence-electron chi connectivity index (χ2n) is 4.39. The molecule has 0 heterocycles. The van der Waals surface area contributed by atoms with Crippen LogP contribution in [0.4, 0.5) is 4.39 Å². The van der Waals surface area contributed by atoms with Crippen LogP contribution in [0, 0.1) is 17.7 Å². The van der Waals surface area contributed by atoms with Crippen LogP contribution < -0.4 is 0 Å². The predicted molar refractivity (Wildman–Crippen MR) is 81.0 cm³/mol. The molecule has 0 saturated carbocycles. The Morgan fingerprint density at radius 3 is 2.53 bits per heavy atom. The Morgan fingerprint density at radius 1 is 1.16 bits per heavy atom. The minimum atomic E-state index is -0.238. The van der Waals surface area contributed by atoms with Crippen molar-refractivity contribution in [2.75, 3.05) is 11.9 Å². The zero-order chi connectivity index (χ0) is 13.9. The molecule has 0 bridgehead atoms. The average molecular weight is 327 g/mol. The van der Waals surface area contributed by atoms with Crippen LogP contribution in [0.2, 0.25) is 0 Å². The van der Waals surface area contributed by atoms with Gasteiger partial charge in [-0.2, -0.15) is 0 Å². The lowest BCUT2D eigenvalue weighted by atomic mass is 10.2. The fourth-order valence-electron chi connectivity index (χ4n) is 1.57. The van der Waals surface area contributed by atoms with Crippen LogP contribution in [0.3, 0.4) is 0 Å². The van der Waals surface area contributed by atoms with E-state index in [1.165, 1.54) is 31.4 Å². The van der Waals surface area contributed by atoms with Crippen molar-refractivity contribution in [2.45, 2.75) is 38.7 Å². The molecule has 0 amide bonds. The van der Waals surface area contributed by atoms with Crippen molar-refractivity contribution in [3.05, 3.63) is 35.6 Å². The van der Waals surface area contributed by atoms with E-state index < -0.39 is 0 Å². The predicted octanol–water partition coefficient (Wildman–Crippen LogP) is 4.54. The molecule has 0 aliphatic rings. The van der Waals surface area contributed by atoms with E-state index in [1.54, 1.807) is 12.1 Å². The number of benzene rings is 1. The van der Waals surface area contributed by atoms with E-state index >= 15 is 0 Å². The van der Waals surface area contributed by atoms with Gasteiger partial charge < -0.3 is 4.74 Å². The average Bonchev–Trinajstić information content (AvgIpc) is 2.42. The molecule has 1 rings (SSSR count). The Morgan fingerprint density at radius 2 is 1.84 bits per heavy atom. The topological polar surface area (TPSA) is 9.23 Å². The first kappa shape index (κ1) is 16.2. The van der Waals surface area contributed by atoms with Gasteiger partial charge in [-0.25, -0.2) is 4.39 Å². The Bertz CT molecular complexity index is 405. The molecule has 19 heavy (non-hydrogen) atoms. The largest absolute Gasteiger partial charge is 0.366 e. The molecule has 1 unspecified atom stereocenters. The summed E-state index contributed by atoms with van der Waals surface area (Å²) >= 11 is 3.42. The Hall–Kier alpha value is -0.850. The highest BCUT2D eigenvalue weighted by atomic mass is 79.9. The monoisotopic (exact) mass is 326 g/mol. The number of alkyl halides is 1. The second kappa shape index (κ2) is 10.00. The van der Waals surface area contributed by atoms with Crippen molar-refractivity contribution in [1.82, 2.24) is 0 Å². The summed E-state index contributed by atoms with van der Waals surface area (Å²) in [5.41, 5.74) is 0.814. The zero-order valence-electron chi connectivity index (χ0n) is 11.3. The van der Waals surface area contributed by atoms with Gasteiger partial charge in [0.2, 0.25) is 0 Å². The lowest BCUT2D eigenvalue weighted by molar-refractivity contribution is 0.0999. The van der Waals surface area contributed by atoms with Gasteiger partial charge >= 0.3 is 0 Å². The summed E-state index contributed by atoms with van der Waals surface area (Å²) in [5.74, 6) is 5.77. The minimum absolute atomic E-state index is 0.0822. The van der Waals surface area contributed by atoms with Gasteiger partial charge in [-0.1, -0.05) is 40.6 Å². The number of unbranched alkanes of at least 4 members (excludes halogenated alkanes) is 3. The standard InChI is InChI=1S/C16H20BrFO/c1-14(19-13-5-3-2-4-12-17)6-7-15-8-10-16(18)11-9-15/h8-11,14H,2-5,12-13H2,1H3. The maximum atomic E-state index is 12.7. The van der Waals surface area contributed by atoms with E-state index in [-0.39, 0.29) is 11.9 Å². The van der Waals surface area contributed by atoms with Crippen LogP contribution in [0.1, 0.15) is 38.2 Å². The van der Waals surface area contributed by atoms with E-state index in [0.717, 1.165) is 23.9 Å². The third-order valence-electron chi connectivity index (χ3n) is 2.66. The van der Waals surface area contributed by atoms with Crippen molar-refractivity contribution >= 4 is 15.9 Å². The highest BCUT2D eigenvalue weighted by Crippen LogP contribution is 2.04. The quantitative estimate of drug-likeness (QED) is 0.406. The normalized spacial score (nSPS) is 11.7. The molecule has 0 spiro atoms. The Balaban J connectivity index is 2.20. The van der Waals surface area contributed by atoms with Crippen molar-refractivity contribution in [3.8, 4) is 11.8 Å². The first-order chi connectivity index (χ1) is 9.22. The Kier molecular flexibility index (Phi) is 8.53. The van der Waals surface area contributed by atoms with Crippen LogP contribution in [0.5, 0.6) is 0 Å². The summed E-state index contributed by atoms with van der Waals surface area (Å²) in [6.07, 6.45) is 4.66. The van der Waals surface area contributed by atoms with Crippen LogP contribution >= 0.6 is 15.9 Å². The van der Waals surface area contributed by atoms with E-state index in [9.17, 15) is 4.39 Å². The summed E-state index contributed by atoms with van der Waals surface area (Å²) in [5, 5.41) is 1.08. The molecule has 0 aliphatic heterocycles. The number of hydrogen-bond donors (Lipinski definition) is 0. The second-order valence-corrected chi connectivity index (χ2v) is 5.19. The molecule has 1 atom stereocenters. The van der Waals surface area contributed by atoms with Crippen LogP contribution in [0.15, 0.2) is 24.3 Å².